The third kappa shape index (κ3) is 8.86. The zero-order valence-electron chi connectivity index (χ0n) is 16.2. The van der Waals surface area contributed by atoms with E-state index >= 15 is 0 Å². The van der Waals surface area contributed by atoms with Gasteiger partial charge < -0.3 is 15.0 Å². The van der Waals surface area contributed by atoms with Crippen LogP contribution in [0.1, 0.15) is 45.4 Å². The number of amides is 1. The second-order valence-electron chi connectivity index (χ2n) is 6.29. The molecule has 26 heavy (non-hydrogen) atoms. The summed E-state index contributed by atoms with van der Waals surface area (Å²) in [6, 6.07) is 8.07. The number of nitrogens with one attached hydrogen (secondary N) is 1. The normalized spacial score (nSPS) is 10.3. The van der Waals surface area contributed by atoms with Crippen LogP contribution in [0, 0.1) is 0 Å². The number of benzene rings is 1. The molecule has 1 N–H and O–H groups in total. The number of hydrogen-bond acceptors (Lipinski definition) is 3. The number of carbonyl (C=O) groups excluding carboxylic acids is 1. The second kappa shape index (κ2) is 14.1. The quantitative estimate of drug-likeness (QED) is 0.347. The smallest absolute Gasteiger partial charge is 0.252 e. The molecule has 0 radical (unpaired) electrons. The van der Waals surface area contributed by atoms with Crippen LogP contribution < -0.4 is 10.2 Å². The maximum atomic E-state index is 12.6. The first-order valence-electron chi connectivity index (χ1n) is 9.66. The van der Waals surface area contributed by atoms with Crippen molar-refractivity contribution in [3.63, 3.8) is 0 Å². The van der Waals surface area contributed by atoms with Crippen LogP contribution in [0.5, 0.6) is 0 Å². The largest absolute Gasteiger partial charge is 0.385 e. The summed E-state index contributed by atoms with van der Waals surface area (Å²) in [7, 11) is 0. The minimum absolute atomic E-state index is 0.00523. The zero-order chi connectivity index (χ0) is 19.0. The van der Waals surface area contributed by atoms with Gasteiger partial charge in [0.2, 0.25) is 0 Å². The molecule has 0 aliphatic heterocycles. The number of ether oxygens (including phenoxy) is 1. The fraction of sp³-hybridized carbons (Fsp3) is 0.500. The van der Waals surface area contributed by atoms with E-state index in [-0.39, 0.29) is 12.5 Å². The minimum Gasteiger partial charge on any atom is -0.385 e. The Morgan fingerprint density at radius 2 is 2.00 bits per heavy atom. The number of hydrogen-bond donors (Lipinski definition) is 1. The third-order valence-corrected chi connectivity index (χ3v) is 4.05. The maximum Gasteiger partial charge on any atom is 0.252 e. The Balaban J connectivity index is 2.66. The van der Waals surface area contributed by atoms with Gasteiger partial charge in [-0.15, -0.1) is 13.2 Å². The lowest BCUT2D eigenvalue weighted by Crippen LogP contribution is -2.35. The van der Waals surface area contributed by atoms with Gasteiger partial charge in [0.25, 0.3) is 5.91 Å². The summed E-state index contributed by atoms with van der Waals surface area (Å²) in [5, 5.41) is 3.44. The van der Waals surface area contributed by atoms with Gasteiger partial charge in [0.15, 0.2) is 0 Å². The SMILES string of the molecule is C=CCCCCNc1cccc(N(CCCC)C(=O)COCCC=C)c1. The first-order chi connectivity index (χ1) is 12.7. The summed E-state index contributed by atoms with van der Waals surface area (Å²) in [4.78, 5) is 14.4. The monoisotopic (exact) mass is 358 g/mol. The van der Waals surface area contributed by atoms with Gasteiger partial charge >= 0.3 is 0 Å². The molecule has 0 saturated carbocycles. The average molecular weight is 359 g/mol. The number of nitrogens with zero attached hydrogens (tertiary/aromatic N) is 1. The van der Waals surface area contributed by atoms with Gasteiger partial charge in [-0.2, -0.15) is 0 Å². The standard InChI is InChI=1S/C22H34N2O2/c1-4-7-10-11-15-23-20-13-12-14-21(18-20)24(16-8-5-2)22(25)19-26-17-9-6-3/h4,6,12-14,18,23H,1,3,5,7-11,15-17,19H2,2H3. The van der Waals surface area contributed by atoms with Crippen molar-refractivity contribution in [1.29, 1.82) is 0 Å². The van der Waals surface area contributed by atoms with Crippen LogP contribution in [-0.4, -0.2) is 32.2 Å². The van der Waals surface area contributed by atoms with E-state index in [1.807, 2.05) is 35.2 Å². The van der Waals surface area contributed by atoms with Gasteiger partial charge in [0.1, 0.15) is 6.61 Å². The highest BCUT2D eigenvalue weighted by Crippen LogP contribution is 2.21. The Morgan fingerprint density at radius 1 is 1.19 bits per heavy atom. The van der Waals surface area contributed by atoms with Crippen LogP contribution in [-0.2, 0) is 9.53 Å². The molecule has 0 heterocycles. The molecule has 1 aromatic rings. The van der Waals surface area contributed by atoms with Crippen molar-refractivity contribution in [2.45, 2.75) is 45.4 Å². The van der Waals surface area contributed by atoms with Crippen LogP contribution in [0.2, 0.25) is 0 Å². The average Bonchev–Trinajstić information content (AvgIpc) is 2.66. The molecule has 0 spiro atoms. The molecule has 4 heteroatoms. The first kappa shape index (κ1) is 22.0. The van der Waals surface area contributed by atoms with E-state index in [1.54, 1.807) is 6.08 Å². The van der Waals surface area contributed by atoms with Crippen LogP contribution in [0.25, 0.3) is 0 Å². The van der Waals surface area contributed by atoms with Gasteiger partial charge in [0.05, 0.1) is 6.61 Å². The summed E-state index contributed by atoms with van der Waals surface area (Å²) in [5.41, 5.74) is 1.97. The van der Waals surface area contributed by atoms with Crippen molar-refractivity contribution in [2.75, 3.05) is 36.5 Å². The van der Waals surface area contributed by atoms with Crippen molar-refractivity contribution >= 4 is 17.3 Å². The number of carbonyl (C=O) groups is 1. The summed E-state index contributed by atoms with van der Waals surface area (Å²) >= 11 is 0. The third-order valence-electron chi connectivity index (χ3n) is 4.05. The van der Waals surface area contributed by atoms with Crippen LogP contribution in [0.15, 0.2) is 49.6 Å². The molecule has 1 aromatic carbocycles. The van der Waals surface area contributed by atoms with Crippen molar-refractivity contribution < 1.29 is 9.53 Å². The topological polar surface area (TPSA) is 41.6 Å². The lowest BCUT2D eigenvalue weighted by atomic mass is 10.2. The Bertz CT molecular complexity index is 543. The fourth-order valence-electron chi connectivity index (χ4n) is 2.55. The number of unbranched alkanes of at least 4 members (excludes halogenated alkanes) is 3. The minimum atomic E-state index is 0.00523. The molecule has 1 amide bonds. The highest BCUT2D eigenvalue weighted by molar-refractivity contribution is 5.94. The fourth-order valence-corrected chi connectivity index (χ4v) is 2.55. The summed E-state index contributed by atoms with van der Waals surface area (Å²) < 4.78 is 5.46. The van der Waals surface area contributed by atoms with E-state index < -0.39 is 0 Å². The van der Waals surface area contributed by atoms with E-state index in [2.05, 4.69) is 25.4 Å². The second-order valence-corrected chi connectivity index (χ2v) is 6.29. The summed E-state index contributed by atoms with van der Waals surface area (Å²) in [6.07, 6.45) is 9.81. The van der Waals surface area contributed by atoms with Crippen LogP contribution in [0.3, 0.4) is 0 Å². The summed E-state index contributed by atoms with van der Waals surface area (Å²) in [6.45, 7) is 11.8. The van der Waals surface area contributed by atoms with E-state index in [1.165, 1.54) is 0 Å². The molecule has 4 nitrogen and oxygen atoms in total. The number of allylic oxidation sites excluding steroid dienone is 1. The molecule has 0 atom stereocenters. The first-order valence-corrected chi connectivity index (χ1v) is 9.66. The Hall–Kier alpha value is -2.07. The van der Waals surface area contributed by atoms with E-state index in [0.717, 1.165) is 56.4 Å². The lowest BCUT2D eigenvalue weighted by Gasteiger charge is -2.23. The highest BCUT2D eigenvalue weighted by Gasteiger charge is 2.15. The van der Waals surface area contributed by atoms with E-state index in [0.29, 0.717) is 13.2 Å². The predicted octanol–water partition coefficient (Wildman–Crippen LogP) is 5.18. The van der Waals surface area contributed by atoms with E-state index in [9.17, 15) is 4.79 Å². The molecule has 0 unspecified atom stereocenters. The van der Waals surface area contributed by atoms with Crippen LogP contribution >= 0.6 is 0 Å². The van der Waals surface area contributed by atoms with Gasteiger partial charge in [0, 0.05) is 24.5 Å². The Kier molecular flexibility index (Phi) is 11.9. The van der Waals surface area contributed by atoms with Gasteiger partial charge in [-0.05, 0) is 50.3 Å². The van der Waals surface area contributed by atoms with Gasteiger partial charge in [-0.25, -0.2) is 0 Å². The molecular formula is C22H34N2O2. The Morgan fingerprint density at radius 3 is 2.73 bits per heavy atom. The lowest BCUT2D eigenvalue weighted by molar-refractivity contribution is -0.123. The van der Waals surface area contributed by atoms with E-state index in [4.69, 9.17) is 4.74 Å². The molecular weight excluding hydrogens is 324 g/mol. The van der Waals surface area contributed by atoms with Crippen molar-refractivity contribution in [1.82, 2.24) is 0 Å². The molecule has 0 aromatic heterocycles. The van der Waals surface area contributed by atoms with Crippen molar-refractivity contribution in [3.05, 3.63) is 49.6 Å². The molecule has 0 fully saturated rings. The van der Waals surface area contributed by atoms with Crippen molar-refractivity contribution in [3.8, 4) is 0 Å². The van der Waals surface area contributed by atoms with Crippen LogP contribution in [0.4, 0.5) is 11.4 Å². The van der Waals surface area contributed by atoms with Gasteiger partial charge in [-0.3, -0.25) is 4.79 Å². The highest BCUT2D eigenvalue weighted by atomic mass is 16.5. The molecule has 144 valence electrons. The Labute approximate surface area is 158 Å². The zero-order valence-corrected chi connectivity index (χ0v) is 16.2. The van der Waals surface area contributed by atoms with Gasteiger partial charge in [-0.1, -0.05) is 31.6 Å². The maximum absolute atomic E-state index is 12.6. The molecule has 0 saturated heterocycles. The molecule has 0 aliphatic rings. The predicted molar refractivity (Wildman–Crippen MR) is 112 cm³/mol. The van der Waals surface area contributed by atoms with Crippen molar-refractivity contribution in [2.24, 2.45) is 0 Å². The molecule has 0 aliphatic carbocycles. The molecule has 1 rings (SSSR count). The number of anilines is 2. The summed E-state index contributed by atoms with van der Waals surface area (Å²) in [5.74, 6) is 0.00523. The number of rotatable bonds is 15. The molecule has 0 bridgehead atoms.